The average molecular weight is 247 g/mol. The Morgan fingerprint density at radius 1 is 1.56 bits per heavy atom. The summed E-state index contributed by atoms with van der Waals surface area (Å²) in [5.41, 5.74) is 6.36. The smallest absolute Gasteiger partial charge is 0.228 e. The lowest BCUT2D eigenvalue weighted by Gasteiger charge is -2.10. The molecular weight excluding hydrogens is 231 g/mol. The molecule has 1 aromatic carbocycles. The predicted octanol–water partition coefficient (Wildman–Crippen LogP) is 2.09. The SMILES string of the molecule is Cc1ccc(NC(=O)C(C)CN)cc1F.Cl. The van der Waals surface area contributed by atoms with Crippen LogP contribution in [0.4, 0.5) is 10.1 Å². The fourth-order valence-electron chi connectivity index (χ4n) is 1.04. The number of benzene rings is 1. The lowest BCUT2D eigenvalue weighted by molar-refractivity contribution is -0.119. The number of hydrogen-bond acceptors (Lipinski definition) is 2. The van der Waals surface area contributed by atoms with Crippen LogP contribution in [0.25, 0.3) is 0 Å². The molecule has 1 rings (SSSR count). The van der Waals surface area contributed by atoms with Gasteiger partial charge in [-0.1, -0.05) is 13.0 Å². The van der Waals surface area contributed by atoms with Crippen molar-refractivity contribution in [3.05, 3.63) is 29.6 Å². The van der Waals surface area contributed by atoms with E-state index in [1.807, 2.05) is 0 Å². The molecule has 0 aliphatic rings. The molecule has 5 heteroatoms. The number of aryl methyl sites for hydroxylation is 1. The maximum absolute atomic E-state index is 13.1. The Hall–Kier alpha value is -1.13. The fourth-order valence-corrected chi connectivity index (χ4v) is 1.04. The van der Waals surface area contributed by atoms with E-state index >= 15 is 0 Å². The van der Waals surface area contributed by atoms with E-state index in [0.717, 1.165) is 0 Å². The molecule has 1 amide bonds. The molecule has 1 atom stereocenters. The average Bonchev–Trinajstić information content (AvgIpc) is 2.22. The highest BCUT2D eigenvalue weighted by atomic mass is 35.5. The van der Waals surface area contributed by atoms with E-state index < -0.39 is 0 Å². The summed E-state index contributed by atoms with van der Waals surface area (Å²) in [6.07, 6.45) is 0. The van der Waals surface area contributed by atoms with E-state index in [9.17, 15) is 9.18 Å². The number of rotatable bonds is 3. The highest BCUT2D eigenvalue weighted by Gasteiger charge is 2.11. The third-order valence-electron chi connectivity index (χ3n) is 2.24. The minimum absolute atomic E-state index is 0. The van der Waals surface area contributed by atoms with Gasteiger partial charge in [-0.15, -0.1) is 12.4 Å². The Morgan fingerprint density at radius 2 is 2.19 bits per heavy atom. The van der Waals surface area contributed by atoms with E-state index in [0.29, 0.717) is 11.3 Å². The molecule has 1 unspecified atom stereocenters. The normalized spacial score (nSPS) is 11.5. The van der Waals surface area contributed by atoms with Crippen LogP contribution >= 0.6 is 12.4 Å². The lowest BCUT2D eigenvalue weighted by Crippen LogP contribution is -2.26. The first kappa shape index (κ1) is 14.9. The third kappa shape index (κ3) is 3.79. The van der Waals surface area contributed by atoms with Gasteiger partial charge in [0.05, 0.1) is 0 Å². The topological polar surface area (TPSA) is 55.1 Å². The van der Waals surface area contributed by atoms with E-state index in [4.69, 9.17) is 5.73 Å². The van der Waals surface area contributed by atoms with Gasteiger partial charge in [-0.25, -0.2) is 4.39 Å². The summed E-state index contributed by atoms with van der Waals surface area (Å²) >= 11 is 0. The molecule has 3 N–H and O–H groups in total. The first-order valence-electron chi connectivity index (χ1n) is 4.81. The molecule has 0 aliphatic heterocycles. The minimum Gasteiger partial charge on any atom is -0.330 e. The van der Waals surface area contributed by atoms with Crippen LogP contribution in [0, 0.1) is 18.7 Å². The highest BCUT2D eigenvalue weighted by Crippen LogP contribution is 2.14. The summed E-state index contributed by atoms with van der Waals surface area (Å²) in [6, 6.07) is 4.59. The number of amides is 1. The molecule has 1 aromatic rings. The second kappa shape index (κ2) is 6.45. The van der Waals surface area contributed by atoms with Crippen molar-refractivity contribution >= 4 is 24.0 Å². The Bertz CT molecular complexity index is 371. The molecule has 16 heavy (non-hydrogen) atoms. The van der Waals surface area contributed by atoms with Crippen LogP contribution < -0.4 is 11.1 Å². The molecule has 0 radical (unpaired) electrons. The maximum Gasteiger partial charge on any atom is 0.228 e. The molecule has 0 heterocycles. The fraction of sp³-hybridized carbons (Fsp3) is 0.364. The molecule has 0 bridgehead atoms. The van der Waals surface area contributed by atoms with Crippen LogP contribution in [0.2, 0.25) is 0 Å². The van der Waals surface area contributed by atoms with E-state index in [1.165, 1.54) is 6.07 Å². The highest BCUT2D eigenvalue weighted by molar-refractivity contribution is 5.92. The number of nitrogens with two attached hydrogens (primary N) is 1. The summed E-state index contributed by atoms with van der Waals surface area (Å²) in [4.78, 5) is 11.4. The minimum atomic E-state index is -0.326. The second-order valence-corrected chi connectivity index (χ2v) is 3.59. The molecule has 0 aromatic heterocycles. The summed E-state index contributed by atoms with van der Waals surface area (Å²) in [5, 5.41) is 2.60. The molecule has 0 aliphatic carbocycles. The van der Waals surface area contributed by atoms with Crippen molar-refractivity contribution in [2.75, 3.05) is 11.9 Å². The van der Waals surface area contributed by atoms with E-state index in [1.54, 1.807) is 26.0 Å². The zero-order valence-corrected chi connectivity index (χ0v) is 10.1. The van der Waals surface area contributed by atoms with Gasteiger partial charge >= 0.3 is 0 Å². The first-order chi connectivity index (χ1) is 7.04. The monoisotopic (exact) mass is 246 g/mol. The zero-order chi connectivity index (χ0) is 11.4. The van der Waals surface area contributed by atoms with Crippen LogP contribution in [0.1, 0.15) is 12.5 Å². The van der Waals surface area contributed by atoms with Gasteiger partial charge in [0, 0.05) is 18.2 Å². The van der Waals surface area contributed by atoms with Crippen molar-refractivity contribution in [3.8, 4) is 0 Å². The van der Waals surface area contributed by atoms with Crippen molar-refractivity contribution in [3.63, 3.8) is 0 Å². The van der Waals surface area contributed by atoms with Crippen molar-refractivity contribution < 1.29 is 9.18 Å². The summed E-state index contributed by atoms with van der Waals surface area (Å²) < 4.78 is 13.1. The Morgan fingerprint density at radius 3 is 2.69 bits per heavy atom. The van der Waals surface area contributed by atoms with Gasteiger partial charge in [0.1, 0.15) is 5.82 Å². The Balaban J connectivity index is 0.00000225. The van der Waals surface area contributed by atoms with E-state index in [-0.39, 0.29) is 36.6 Å². The Labute approximate surface area is 101 Å². The number of carbonyl (C=O) groups is 1. The van der Waals surface area contributed by atoms with Crippen molar-refractivity contribution in [1.82, 2.24) is 0 Å². The van der Waals surface area contributed by atoms with Gasteiger partial charge in [-0.2, -0.15) is 0 Å². The zero-order valence-electron chi connectivity index (χ0n) is 9.29. The molecule has 0 fully saturated rings. The first-order valence-corrected chi connectivity index (χ1v) is 4.81. The van der Waals surface area contributed by atoms with Crippen LogP contribution in [0.15, 0.2) is 18.2 Å². The van der Waals surface area contributed by atoms with Crippen LogP contribution in [-0.4, -0.2) is 12.5 Å². The second-order valence-electron chi connectivity index (χ2n) is 3.59. The van der Waals surface area contributed by atoms with Crippen LogP contribution in [0.3, 0.4) is 0 Å². The number of carbonyl (C=O) groups excluding carboxylic acids is 1. The molecule has 90 valence electrons. The quantitative estimate of drug-likeness (QED) is 0.858. The Kier molecular flexibility index (Phi) is 6.00. The molecular formula is C11H16ClFN2O. The van der Waals surface area contributed by atoms with Crippen LogP contribution in [-0.2, 0) is 4.79 Å². The van der Waals surface area contributed by atoms with Gasteiger partial charge in [0.15, 0.2) is 0 Å². The molecule has 0 spiro atoms. The van der Waals surface area contributed by atoms with Gasteiger partial charge in [-0.05, 0) is 24.6 Å². The summed E-state index contributed by atoms with van der Waals surface area (Å²) in [7, 11) is 0. The predicted molar refractivity (Wildman–Crippen MR) is 65.2 cm³/mol. The van der Waals surface area contributed by atoms with Gasteiger partial charge < -0.3 is 11.1 Å². The molecule has 3 nitrogen and oxygen atoms in total. The van der Waals surface area contributed by atoms with Gasteiger partial charge in [0.25, 0.3) is 0 Å². The third-order valence-corrected chi connectivity index (χ3v) is 2.24. The maximum atomic E-state index is 13.1. The number of anilines is 1. The summed E-state index contributed by atoms with van der Waals surface area (Å²) in [5.74, 6) is -0.789. The molecule has 0 saturated carbocycles. The van der Waals surface area contributed by atoms with Gasteiger partial charge in [-0.3, -0.25) is 4.79 Å². The number of hydrogen-bond donors (Lipinski definition) is 2. The van der Waals surface area contributed by atoms with Crippen LogP contribution in [0.5, 0.6) is 0 Å². The van der Waals surface area contributed by atoms with E-state index in [2.05, 4.69) is 5.32 Å². The number of halogens is 2. The van der Waals surface area contributed by atoms with Crippen molar-refractivity contribution in [2.24, 2.45) is 11.7 Å². The largest absolute Gasteiger partial charge is 0.330 e. The number of nitrogens with one attached hydrogen (secondary N) is 1. The van der Waals surface area contributed by atoms with Crippen molar-refractivity contribution in [2.45, 2.75) is 13.8 Å². The summed E-state index contributed by atoms with van der Waals surface area (Å²) in [6.45, 7) is 3.67. The standard InChI is InChI=1S/C11H15FN2O.ClH/c1-7-3-4-9(5-10(7)12)14-11(15)8(2)6-13;/h3-5,8H,6,13H2,1-2H3,(H,14,15);1H. The lowest BCUT2D eigenvalue weighted by atomic mass is 10.1. The van der Waals surface area contributed by atoms with Gasteiger partial charge in [0.2, 0.25) is 5.91 Å². The molecule has 0 saturated heterocycles. The van der Waals surface area contributed by atoms with Crippen molar-refractivity contribution in [1.29, 1.82) is 0 Å².